The summed E-state index contributed by atoms with van der Waals surface area (Å²) in [5.41, 5.74) is 1.81. The van der Waals surface area contributed by atoms with E-state index >= 15 is 0 Å². The Balaban J connectivity index is 2.27. The minimum Gasteiger partial charge on any atom is -0.493 e. The van der Waals surface area contributed by atoms with Crippen molar-refractivity contribution < 1.29 is 14.2 Å². The van der Waals surface area contributed by atoms with E-state index < -0.39 is 0 Å². The molecule has 22 heavy (non-hydrogen) atoms. The molecule has 0 amide bonds. The van der Waals surface area contributed by atoms with Crippen LogP contribution >= 0.6 is 0 Å². The van der Waals surface area contributed by atoms with Crippen LogP contribution < -0.4 is 14.2 Å². The van der Waals surface area contributed by atoms with Crippen molar-refractivity contribution in [3.8, 4) is 28.5 Å². The van der Waals surface area contributed by atoms with Crippen LogP contribution in [0, 0.1) is 0 Å². The summed E-state index contributed by atoms with van der Waals surface area (Å²) in [6.07, 6.45) is 1.81. The molecule has 0 N–H and O–H groups in total. The van der Waals surface area contributed by atoms with E-state index in [1.165, 1.54) is 0 Å². The molecule has 0 spiro atoms. The maximum Gasteiger partial charge on any atom is 0.203 e. The maximum atomic E-state index is 5.42. The van der Waals surface area contributed by atoms with Gasteiger partial charge in [-0.25, -0.2) is 0 Å². The highest BCUT2D eigenvalue weighted by Gasteiger charge is 2.15. The van der Waals surface area contributed by atoms with E-state index in [1.807, 2.05) is 30.3 Å². The first-order chi connectivity index (χ1) is 10.8. The van der Waals surface area contributed by atoms with E-state index in [0.717, 1.165) is 22.0 Å². The SMILES string of the molecule is COc1cc(-c2nccc3ccccc23)cc(OC)c1OC. The average Bonchev–Trinajstić information content (AvgIpc) is 2.59. The highest BCUT2D eigenvalue weighted by atomic mass is 16.5. The fourth-order valence-corrected chi connectivity index (χ4v) is 2.57. The molecule has 112 valence electrons. The van der Waals surface area contributed by atoms with Crippen molar-refractivity contribution in [3.05, 3.63) is 48.7 Å². The third-order valence-corrected chi connectivity index (χ3v) is 3.61. The number of hydrogen-bond acceptors (Lipinski definition) is 4. The molecule has 3 aromatic rings. The van der Waals surface area contributed by atoms with Gasteiger partial charge in [0.25, 0.3) is 0 Å². The largest absolute Gasteiger partial charge is 0.493 e. The van der Waals surface area contributed by atoms with Crippen molar-refractivity contribution in [3.63, 3.8) is 0 Å². The summed E-state index contributed by atoms with van der Waals surface area (Å²) in [6.45, 7) is 0. The lowest BCUT2D eigenvalue weighted by Gasteiger charge is -2.14. The fourth-order valence-electron chi connectivity index (χ4n) is 2.57. The minimum atomic E-state index is 0.578. The van der Waals surface area contributed by atoms with Gasteiger partial charge in [0.05, 0.1) is 27.0 Å². The third kappa shape index (κ3) is 2.33. The summed E-state index contributed by atoms with van der Waals surface area (Å²) < 4.78 is 16.2. The predicted octanol–water partition coefficient (Wildman–Crippen LogP) is 3.93. The summed E-state index contributed by atoms with van der Waals surface area (Å²) in [5, 5.41) is 2.22. The predicted molar refractivity (Wildman–Crippen MR) is 86.8 cm³/mol. The van der Waals surface area contributed by atoms with Gasteiger partial charge in [-0.3, -0.25) is 4.98 Å². The van der Waals surface area contributed by atoms with Crippen molar-refractivity contribution in [1.82, 2.24) is 4.98 Å². The molecule has 0 unspecified atom stereocenters. The number of fused-ring (bicyclic) bond motifs is 1. The number of nitrogens with zero attached hydrogens (tertiary/aromatic N) is 1. The quantitative estimate of drug-likeness (QED) is 0.731. The second-order valence-corrected chi connectivity index (χ2v) is 4.79. The van der Waals surface area contributed by atoms with Crippen molar-refractivity contribution in [2.75, 3.05) is 21.3 Å². The zero-order valence-corrected chi connectivity index (χ0v) is 12.8. The first kappa shape index (κ1) is 14.2. The highest BCUT2D eigenvalue weighted by Crippen LogP contribution is 2.41. The third-order valence-electron chi connectivity index (χ3n) is 3.61. The zero-order valence-electron chi connectivity index (χ0n) is 12.8. The first-order valence-corrected chi connectivity index (χ1v) is 6.92. The lowest BCUT2D eigenvalue weighted by molar-refractivity contribution is 0.324. The van der Waals surface area contributed by atoms with Gasteiger partial charge in [-0.1, -0.05) is 24.3 Å². The first-order valence-electron chi connectivity index (χ1n) is 6.92. The Morgan fingerprint density at radius 2 is 1.50 bits per heavy atom. The van der Waals surface area contributed by atoms with E-state index in [9.17, 15) is 0 Å². The normalized spacial score (nSPS) is 10.5. The van der Waals surface area contributed by atoms with Crippen molar-refractivity contribution in [2.45, 2.75) is 0 Å². The number of hydrogen-bond donors (Lipinski definition) is 0. The molecule has 0 aliphatic rings. The lowest BCUT2D eigenvalue weighted by atomic mass is 10.0. The summed E-state index contributed by atoms with van der Waals surface area (Å²) in [5.74, 6) is 1.81. The molecule has 4 heteroatoms. The summed E-state index contributed by atoms with van der Waals surface area (Å²) in [7, 11) is 4.81. The minimum absolute atomic E-state index is 0.578. The average molecular weight is 295 g/mol. The molecular formula is C18H17NO3. The van der Waals surface area contributed by atoms with Gasteiger partial charge in [-0.2, -0.15) is 0 Å². The zero-order chi connectivity index (χ0) is 15.5. The molecule has 0 aliphatic carbocycles. The van der Waals surface area contributed by atoms with Crippen LogP contribution in [0.15, 0.2) is 48.7 Å². The van der Waals surface area contributed by atoms with E-state index in [1.54, 1.807) is 27.5 Å². The van der Waals surface area contributed by atoms with Crippen LogP contribution in [0.1, 0.15) is 0 Å². The fraction of sp³-hybridized carbons (Fsp3) is 0.167. The van der Waals surface area contributed by atoms with E-state index in [0.29, 0.717) is 17.2 Å². The molecule has 4 nitrogen and oxygen atoms in total. The van der Waals surface area contributed by atoms with Gasteiger partial charge in [0.2, 0.25) is 5.75 Å². The standard InChI is InChI=1S/C18H17NO3/c1-20-15-10-13(11-16(21-2)18(15)22-3)17-14-7-5-4-6-12(14)8-9-19-17/h4-11H,1-3H3. The van der Waals surface area contributed by atoms with Crippen LogP contribution in [0.4, 0.5) is 0 Å². The van der Waals surface area contributed by atoms with Crippen LogP contribution in [-0.4, -0.2) is 26.3 Å². The topological polar surface area (TPSA) is 40.6 Å². The molecule has 0 aliphatic heterocycles. The molecule has 1 heterocycles. The van der Waals surface area contributed by atoms with Gasteiger partial charge < -0.3 is 14.2 Å². The molecule has 3 rings (SSSR count). The molecule has 0 radical (unpaired) electrons. The molecule has 1 aromatic heterocycles. The molecule has 0 atom stereocenters. The number of methoxy groups -OCH3 is 3. The van der Waals surface area contributed by atoms with Gasteiger partial charge in [-0.05, 0) is 23.6 Å². The number of rotatable bonds is 4. The Hall–Kier alpha value is -2.75. The van der Waals surface area contributed by atoms with Crippen LogP contribution in [0.3, 0.4) is 0 Å². The second kappa shape index (κ2) is 5.93. The van der Waals surface area contributed by atoms with Crippen LogP contribution in [-0.2, 0) is 0 Å². The van der Waals surface area contributed by atoms with Gasteiger partial charge in [0.1, 0.15) is 0 Å². The van der Waals surface area contributed by atoms with E-state index in [2.05, 4.69) is 17.1 Å². The summed E-state index contributed by atoms with van der Waals surface area (Å²) in [6, 6.07) is 14.0. The van der Waals surface area contributed by atoms with E-state index in [-0.39, 0.29) is 0 Å². The molecule has 0 saturated heterocycles. The molecular weight excluding hydrogens is 278 g/mol. The molecule has 0 saturated carbocycles. The number of ether oxygens (including phenoxy) is 3. The monoisotopic (exact) mass is 295 g/mol. The molecule has 2 aromatic carbocycles. The Bertz CT molecular complexity index is 784. The van der Waals surface area contributed by atoms with Crippen LogP contribution in [0.2, 0.25) is 0 Å². The Labute approximate surface area is 129 Å². The summed E-state index contributed by atoms with van der Waals surface area (Å²) in [4.78, 5) is 4.53. The van der Waals surface area contributed by atoms with E-state index in [4.69, 9.17) is 14.2 Å². The van der Waals surface area contributed by atoms with Crippen LogP contribution in [0.25, 0.3) is 22.0 Å². The summed E-state index contributed by atoms with van der Waals surface area (Å²) >= 11 is 0. The van der Waals surface area contributed by atoms with Crippen LogP contribution in [0.5, 0.6) is 17.2 Å². The molecule has 0 bridgehead atoms. The van der Waals surface area contributed by atoms with Crippen molar-refractivity contribution >= 4 is 10.8 Å². The Morgan fingerprint density at radius 3 is 2.14 bits per heavy atom. The number of pyridine rings is 1. The van der Waals surface area contributed by atoms with Gasteiger partial charge in [0.15, 0.2) is 11.5 Å². The number of benzene rings is 2. The Kier molecular flexibility index (Phi) is 3.83. The van der Waals surface area contributed by atoms with Crippen molar-refractivity contribution in [2.24, 2.45) is 0 Å². The lowest BCUT2D eigenvalue weighted by Crippen LogP contribution is -1.96. The second-order valence-electron chi connectivity index (χ2n) is 4.79. The smallest absolute Gasteiger partial charge is 0.203 e. The van der Waals surface area contributed by atoms with Crippen molar-refractivity contribution in [1.29, 1.82) is 0 Å². The maximum absolute atomic E-state index is 5.42. The van der Waals surface area contributed by atoms with Gasteiger partial charge in [0, 0.05) is 17.1 Å². The van der Waals surface area contributed by atoms with Gasteiger partial charge >= 0.3 is 0 Å². The number of aromatic nitrogens is 1. The Morgan fingerprint density at radius 1 is 0.818 bits per heavy atom. The highest BCUT2D eigenvalue weighted by molar-refractivity contribution is 5.95. The van der Waals surface area contributed by atoms with Gasteiger partial charge in [-0.15, -0.1) is 0 Å². The molecule has 0 fully saturated rings.